The Morgan fingerprint density at radius 2 is 1.89 bits per heavy atom. The fraction of sp³-hybridized carbons (Fsp3) is 0.304. The van der Waals surface area contributed by atoms with E-state index in [1.54, 1.807) is 6.21 Å². The highest BCUT2D eigenvalue weighted by Crippen LogP contribution is 2.38. The molecule has 1 N–H and O–H groups in total. The number of allylic oxidation sites excluding steroid dienone is 1. The average Bonchev–Trinajstić information content (AvgIpc) is 2.61. The average molecular weight is 361 g/mol. The number of carbonyl (C=O) groups is 1. The van der Waals surface area contributed by atoms with E-state index in [1.165, 1.54) is 16.8 Å². The van der Waals surface area contributed by atoms with E-state index in [2.05, 4.69) is 68.4 Å². The Labute approximate surface area is 161 Å². The van der Waals surface area contributed by atoms with Crippen LogP contribution >= 0.6 is 0 Å². The topological polar surface area (TPSA) is 44.7 Å². The van der Waals surface area contributed by atoms with Gasteiger partial charge < -0.3 is 4.90 Å². The van der Waals surface area contributed by atoms with Crippen LogP contribution in [0, 0.1) is 6.92 Å². The van der Waals surface area contributed by atoms with Crippen molar-refractivity contribution < 1.29 is 4.79 Å². The Morgan fingerprint density at radius 1 is 1.19 bits per heavy atom. The first-order valence-electron chi connectivity index (χ1n) is 9.22. The van der Waals surface area contributed by atoms with Gasteiger partial charge >= 0.3 is 0 Å². The molecule has 2 aromatic rings. The summed E-state index contributed by atoms with van der Waals surface area (Å²) in [4.78, 5) is 14.3. The summed E-state index contributed by atoms with van der Waals surface area (Å²) in [6.45, 7) is 8.65. The van der Waals surface area contributed by atoms with Crippen molar-refractivity contribution in [3.8, 4) is 0 Å². The van der Waals surface area contributed by atoms with Gasteiger partial charge in [-0.3, -0.25) is 4.79 Å². The van der Waals surface area contributed by atoms with Gasteiger partial charge in [0.15, 0.2) is 0 Å². The molecular weight excluding hydrogens is 334 g/mol. The lowest BCUT2D eigenvalue weighted by Crippen LogP contribution is -2.42. The van der Waals surface area contributed by atoms with Crippen molar-refractivity contribution in [2.45, 2.75) is 39.7 Å². The van der Waals surface area contributed by atoms with Gasteiger partial charge in [0.05, 0.1) is 18.2 Å². The van der Waals surface area contributed by atoms with Crippen LogP contribution < -0.4 is 10.3 Å². The van der Waals surface area contributed by atoms with Crippen molar-refractivity contribution in [1.82, 2.24) is 5.43 Å². The minimum Gasteiger partial charge on any atom is -0.365 e. The lowest BCUT2D eigenvalue weighted by atomic mass is 9.87. The maximum Gasteiger partial charge on any atom is 0.244 e. The fourth-order valence-corrected chi connectivity index (χ4v) is 3.45. The maximum absolute atomic E-state index is 12.0. The van der Waals surface area contributed by atoms with E-state index in [1.807, 2.05) is 30.3 Å². The first-order chi connectivity index (χ1) is 12.8. The second-order valence-electron chi connectivity index (χ2n) is 7.72. The van der Waals surface area contributed by atoms with Crippen LogP contribution in [0.2, 0.25) is 0 Å². The molecule has 0 saturated carbocycles. The van der Waals surface area contributed by atoms with Crippen LogP contribution in [0.1, 0.15) is 43.0 Å². The Bertz CT molecular complexity index is 911. The summed E-state index contributed by atoms with van der Waals surface area (Å²) >= 11 is 0. The van der Waals surface area contributed by atoms with Gasteiger partial charge in [0, 0.05) is 18.3 Å². The molecule has 4 nitrogen and oxygen atoms in total. The smallest absolute Gasteiger partial charge is 0.244 e. The van der Waals surface area contributed by atoms with Crippen LogP contribution in [0.15, 0.2) is 53.6 Å². The quantitative estimate of drug-likeness (QED) is 0.651. The minimum absolute atomic E-state index is 0.00938. The molecule has 4 heteroatoms. The molecule has 0 aromatic heterocycles. The third-order valence-corrected chi connectivity index (χ3v) is 5.21. The summed E-state index contributed by atoms with van der Waals surface area (Å²) in [5.41, 5.74) is 9.42. The number of likely N-dealkylation sites (N-methyl/N-ethyl adjacent to an activating group) is 1. The number of benzene rings is 2. The zero-order valence-corrected chi connectivity index (χ0v) is 16.7. The number of hydrogen-bond acceptors (Lipinski definition) is 3. The highest BCUT2D eigenvalue weighted by atomic mass is 16.2. The molecule has 1 aliphatic heterocycles. The van der Waals surface area contributed by atoms with Crippen molar-refractivity contribution in [3.63, 3.8) is 0 Å². The summed E-state index contributed by atoms with van der Waals surface area (Å²) in [5, 5.41) is 4.16. The molecule has 0 radical (unpaired) electrons. The number of rotatable bonds is 4. The van der Waals surface area contributed by atoms with Crippen molar-refractivity contribution in [2.24, 2.45) is 5.10 Å². The molecule has 27 heavy (non-hydrogen) atoms. The number of amides is 1. The van der Waals surface area contributed by atoms with Gasteiger partial charge in [0.25, 0.3) is 0 Å². The van der Waals surface area contributed by atoms with Gasteiger partial charge in [-0.2, -0.15) is 5.10 Å². The number of nitrogens with one attached hydrogen (secondary N) is 1. The van der Waals surface area contributed by atoms with Gasteiger partial charge in [0.1, 0.15) is 0 Å². The Balaban J connectivity index is 1.76. The zero-order valence-electron chi connectivity index (χ0n) is 16.7. The van der Waals surface area contributed by atoms with E-state index in [9.17, 15) is 4.79 Å². The molecule has 0 atom stereocenters. The summed E-state index contributed by atoms with van der Waals surface area (Å²) in [7, 11) is 2.12. The second-order valence-corrected chi connectivity index (χ2v) is 7.72. The number of carbonyl (C=O) groups excluding carboxylic acids is 1. The van der Waals surface area contributed by atoms with Crippen LogP contribution in [-0.2, 0) is 11.2 Å². The normalized spacial score (nSPS) is 15.4. The third kappa shape index (κ3) is 4.11. The van der Waals surface area contributed by atoms with Gasteiger partial charge in [-0.15, -0.1) is 0 Å². The summed E-state index contributed by atoms with van der Waals surface area (Å²) in [6, 6.07) is 14.0. The number of hydrazone groups is 1. The lowest BCUT2D eigenvalue weighted by Gasteiger charge is -2.41. The van der Waals surface area contributed by atoms with Crippen LogP contribution in [0.4, 0.5) is 5.69 Å². The summed E-state index contributed by atoms with van der Waals surface area (Å²) < 4.78 is 0. The Kier molecular flexibility index (Phi) is 5.17. The first kappa shape index (κ1) is 18.9. The van der Waals surface area contributed by atoms with Gasteiger partial charge in [-0.1, -0.05) is 36.4 Å². The third-order valence-electron chi connectivity index (χ3n) is 5.21. The number of aryl methyl sites for hydroxylation is 1. The van der Waals surface area contributed by atoms with Crippen molar-refractivity contribution in [3.05, 3.63) is 70.8 Å². The highest BCUT2D eigenvalue weighted by molar-refractivity contribution is 5.90. The molecule has 0 saturated heterocycles. The molecule has 1 aliphatic rings. The molecule has 1 amide bonds. The lowest BCUT2D eigenvalue weighted by molar-refractivity contribution is -0.120. The second kappa shape index (κ2) is 7.39. The van der Waals surface area contributed by atoms with Gasteiger partial charge in [-0.05, 0) is 62.1 Å². The monoisotopic (exact) mass is 361 g/mol. The van der Waals surface area contributed by atoms with Crippen LogP contribution in [0.3, 0.4) is 0 Å². The predicted molar refractivity (Wildman–Crippen MR) is 113 cm³/mol. The Hall–Kier alpha value is -2.88. The summed E-state index contributed by atoms with van der Waals surface area (Å²) in [6.07, 6.45) is 4.34. The predicted octanol–water partition coefficient (Wildman–Crippen LogP) is 4.32. The molecule has 3 rings (SSSR count). The van der Waals surface area contributed by atoms with Crippen LogP contribution in [0.25, 0.3) is 5.57 Å². The van der Waals surface area contributed by atoms with E-state index in [4.69, 9.17) is 0 Å². The molecule has 0 unspecified atom stereocenters. The molecule has 0 bridgehead atoms. The fourth-order valence-electron chi connectivity index (χ4n) is 3.45. The largest absolute Gasteiger partial charge is 0.365 e. The molecule has 1 heterocycles. The standard InChI is InChI=1S/C23H27N3O/c1-16-11-21-20(17(2)14-23(3,4)26(21)5)13-19(16)15-24-25-22(27)12-18-9-7-6-8-10-18/h6-11,13-15H,12H2,1-5H3,(H,25,27)/b24-15-. The SMILES string of the molecule is CC1=CC(C)(C)N(C)c2cc(C)c(/C=N\NC(=O)Cc3ccccc3)cc21. The number of anilines is 1. The zero-order chi connectivity index (χ0) is 19.6. The number of hydrogen-bond donors (Lipinski definition) is 1. The maximum atomic E-state index is 12.0. The summed E-state index contributed by atoms with van der Waals surface area (Å²) in [5.74, 6) is -0.120. The van der Waals surface area contributed by atoms with E-state index in [-0.39, 0.29) is 11.4 Å². The minimum atomic E-state index is -0.120. The van der Waals surface area contributed by atoms with Crippen LogP contribution in [-0.4, -0.2) is 24.7 Å². The molecule has 140 valence electrons. The van der Waals surface area contributed by atoms with Crippen LogP contribution in [0.5, 0.6) is 0 Å². The van der Waals surface area contributed by atoms with E-state index >= 15 is 0 Å². The number of nitrogens with zero attached hydrogens (tertiary/aromatic N) is 2. The first-order valence-corrected chi connectivity index (χ1v) is 9.22. The van der Waals surface area contributed by atoms with Crippen molar-refractivity contribution in [1.29, 1.82) is 0 Å². The molecule has 2 aromatic carbocycles. The number of fused-ring (bicyclic) bond motifs is 1. The van der Waals surface area contributed by atoms with Crippen molar-refractivity contribution in [2.75, 3.05) is 11.9 Å². The Morgan fingerprint density at radius 3 is 2.59 bits per heavy atom. The van der Waals surface area contributed by atoms with E-state index in [0.29, 0.717) is 6.42 Å². The molecule has 0 aliphatic carbocycles. The van der Waals surface area contributed by atoms with E-state index in [0.717, 1.165) is 16.7 Å². The van der Waals surface area contributed by atoms with Gasteiger partial charge in [0.2, 0.25) is 5.91 Å². The van der Waals surface area contributed by atoms with Gasteiger partial charge in [-0.25, -0.2) is 5.43 Å². The van der Waals surface area contributed by atoms with Crippen molar-refractivity contribution >= 4 is 23.4 Å². The molecule has 0 fully saturated rings. The van der Waals surface area contributed by atoms with E-state index < -0.39 is 0 Å². The molecular formula is C23H27N3O. The molecule has 0 spiro atoms. The highest BCUT2D eigenvalue weighted by Gasteiger charge is 2.28.